The minimum Gasteiger partial charge on any atom is -0.373 e. The molecule has 0 aromatic carbocycles. The first-order valence-electron chi connectivity index (χ1n) is 9.09. The van der Waals surface area contributed by atoms with Gasteiger partial charge in [-0.25, -0.2) is 4.99 Å². The first kappa shape index (κ1) is 22.1. The van der Waals surface area contributed by atoms with Gasteiger partial charge in [0.15, 0.2) is 11.8 Å². The number of nitrogens with zero attached hydrogens (tertiary/aromatic N) is 4. The first-order chi connectivity index (χ1) is 12.6. The van der Waals surface area contributed by atoms with E-state index in [2.05, 4.69) is 45.3 Å². The van der Waals surface area contributed by atoms with Crippen molar-refractivity contribution in [2.75, 3.05) is 19.7 Å². The van der Waals surface area contributed by atoms with Crippen LogP contribution in [0.4, 0.5) is 0 Å². The van der Waals surface area contributed by atoms with Crippen LogP contribution in [0.1, 0.15) is 36.3 Å². The van der Waals surface area contributed by atoms with Gasteiger partial charge in [0, 0.05) is 31.6 Å². The Morgan fingerprint density at radius 3 is 2.89 bits per heavy atom. The van der Waals surface area contributed by atoms with Crippen molar-refractivity contribution in [3.8, 4) is 0 Å². The van der Waals surface area contributed by atoms with Crippen LogP contribution in [0.15, 0.2) is 22.5 Å². The van der Waals surface area contributed by atoms with Crippen LogP contribution in [-0.4, -0.2) is 46.0 Å². The highest BCUT2D eigenvalue weighted by atomic mass is 127. The summed E-state index contributed by atoms with van der Waals surface area (Å²) in [5.74, 6) is 2.53. The fourth-order valence-corrected chi connectivity index (χ4v) is 3.63. The van der Waals surface area contributed by atoms with Gasteiger partial charge in [-0.05, 0) is 44.6 Å². The van der Waals surface area contributed by atoms with Gasteiger partial charge in [0.25, 0.3) is 0 Å². The average Bonchev–Trinajstić information content (AvgIpc) is 3.36. The summed E-state index contributed by atoms with van der Waals surface area (Å²) >= 11 is 1.78. The van der Waals surface area contributed by atoms with Crippen molar-refractivity contribution in [2.45, 2.75) is 45.3 Å². The Hall–Kier alpha value is -1.20. The second-order valence-electron chi connectivity index (χ2n) is 6.90. The number of hydrogen-bond acceptors (Lipinski definition) is 5. The molecule has 1 unspecified atom stereocenters. The normalized spacial score (nSPS) is 19.7. The number of halogens is 1. The fourth-order valence-electron chi connectivity index (χ4n) is 2.92. The summed E-state index contributed by atoms with van der Waals surface area (Å²) in [5.41, 5.74) is -0.114. The van der Waals surface area contributed by atoms with E-state index in [-0.39, 0.29) is 29.6 Å². The van der Waals surface area contributed by atoms with Crippen LogP contribution in [-0.2, 0) is 24.8 Å². The number of aryl methyl sites for hydroxylation is 1. The van der Waals surface area contributed by atoms with Crippen LogP contribution in [0.2, 0.25) is 0 Å². The second kappa shape index (κ2) is 10.4. The standard InChI is InChI=1S/C18H28N6OS.HI/c1-14-22-23-16(24(14)3)12-20-17(19-9-7-15-6-4-11-26-15)21-13-18(2)8-5-10-25-18;/h4,6,11H,5,7-10,12-13H2,1-3H3,(H2,19,20,21);1H. The lowest BCUT2D eigenvalue weighted by atomic mass is 10.0. The lowest BCUT2D eigenvalue weighted by molar-refractivity contribution is 0.0242. The van der Waals surface area contributed by atoms with E-state index in [1.165, 1.54) is 4.88 Å². The van der Waals surface area contributed by atoms with Crippen LogP contribution in [0.5, 0.6) is 0 Å². The minimum absolute atomic E-state index is 0. The van der Waals surface area contributed by atoms with Crippen molar-refractivity contribution in [3.63, 3.8) is 0 Å². The molecule has 1 fully saturated rings. The Morgan fingerprint density at radius 1 is 1.41 bits per heavy atom. The molecule has 9 heteroatoms. The molecule has 27 heavy (non-hydrogen) atoms. The first-order valence-corrected chi connectivity index (χ1v) is 9.97. The number of guanidine groups is 1. The number of aliphatic imine (C=N–C) groups is 1. The van der Waals surface area contributed by atoms with Gasteiger partial charge in [0.05, 0.1) is 5.60 Å². The third-order valence-corrected chi connectivity index (χ3v) is 5.67. The van der Waals surface area contributed by atoms with E-state index in [1.54, 1.807) is 11.3 Å². The molecule has 2 aromatic rings. The quantitative estimate of drug-likeness (QED) is 0.345. The molecule has 0 saturated carbocycles. The molecule has 3 heterocycles. The molecule has 7 nitrogen and oxygen atoms in total. The molecule has 150 valence electrons. The summed E-state index contributed by atoms with van der Waals surface area (Å²) in [6, 6.07) is 4.24. The van der Waals surface area contributed by atoms with Crippen LogP contribution >= 0.6 is 35.3 Å². The van der Waals surface area contributed by atoms with Crippen LogP contribution in [0.25, 0.3) is 0 Å². The maximum absolute atomic E-state index is 5.87. The van der Waals surface area contributed by atoms with Gasteiger partial charge >= 0.3 is 0 Å². The zero-order chi connectivity index (χ0) is 18.4. The maximum atomic E-state index is 5.87. The summed E-state index contributed by atoms with van der Waals surface area (Å²) in [6.07, 6.45) is 3.18. The summed E-state index contributed by atoms with van der Waals surface area (Å²) < 4.78 is 7.84. The van der Waals surface area contributed by atoms with Crippen molar-refractivity contribution in [3.05, 3.63) is 34.0 Å². The SMILES string of the molecule is Cc1nnc(CN=C(NCCc2cccs2)NCC2(C)CCCO2)n1C.I. The molecular formula is C18H29IN6OS. The summed E-state index contributed by atoms with van der Waals surface area (Å²) in [7, 11) is 1.96. The lowest BCUT2D eigenvalue weighted by Crippen LogP contribution is -2.46. The van der Waals surface area contributed by atoms with Crippen molar-refractivity contribution in [2.24, 2.45) is 12.0 Å². The lowest BCUT2D eigenvalue weighted by Gasteiger charge is -2.24. The molecule has 0 spiro atoms. The number of hydrogen-bond donors (Lipinski definition) is 2. The molecule has 0 amide bonds. The third-order valence-electron chi connectivity index (χ3n) is 4.74. The van der Waals surface area contributed by atoms with Crippen molar-refractivity contribution in [1.82, 2.24) is 25.4 Å². The number of aromatic nitrogens is 3. The number of thiophene rings is 1. The molecule has 3 rings (SSSR count). The van der Waals surface area contributed by atoms with Crippen LogP contribution in [0, 0.1) is 6.92 Å². The zero-order valence-corrected chi connectivity index (χ0v) is 19.3. The van der Waals surface area contributed by atoms with Crippen molar-refractivity contribution < 1.29 is 4.74 Å². The number of ether oxygens (including phenoxy) is 1. The molecule has 2 aromatic heterocycles. The molecule has 1 atom stereocenters. The number of rotatable bonds is 7. The van der Waals surface area contributed by atoms with E-state index >= 15 is 0 Å². The number of nitrogens with one attached hydrogen (secondary N) is 2. The highest BCUT2D eigenvalue weighted by Gasteiger charge is 2.29. The van der Waals surface area contributed by atoms with Gasteiger partial charge in [-0.3, -0.25) is 0 Å². The highest BCUT2D eigenvalue weighted by molar-refractivity contribution is 14.0. The fraction of sp³-hybridized carbons (Fsp3) is 0.611. The minimum atomic E-state index is -0.114. The van der Waals surface area contributed by atoms with Gasteiger partial charge < -0.3 is 19.9 Å². The Morgan fingerprint density at radius 2 is 2.26 bits per heavy atom. The van der Waals surface area contributed by atoms with Crippen molar-refractivity contribution in [1.29, 1.82) is 0 Å². The zero-order valence-electron chi connectivity index (χ0n) is 16.2. The molecular weight excluding hydrogens is 475 g/mol. The van der Waals surface area contributed by atoms with Crippen molar-refractivity contribution >= 4 is 41.3 Å². The summed E-state index contributed by atoms with van der Waals surface area (Å²) in [6.45, 7) is 7.01. The Labute approximate surface area is 182 Å². The second-order valence-corrected chi connectivity index (χ2v) is 7.93. The topological polar surface area (TPSA) is 76.4 Å². The third kappa shape index (κ3) is 6.42. The molecule has 1 aliphatic heterocycles. The van der Waals surface area contributed by atoms with Crippen LogP contribution < -0.4 is 10.6 Å². The molecule has 2 N–H and O–H groups in total. The summed E-state index contributed by atoms with van der Waals surface area (Å²) in [4.78, 5) is 6.07. The smallest absolute Gasteiger partial charge is 0.191 e. The largest absolute Gasteiger partial charge is 0.373 e. The Bertz CT molecular complexity index is 724. The van der Waals surface area contributed by atoms with Crippen LogP contribution in [0.3, 0.4) is 0 Å². The monoisotopic (exact) mass is 504 g/mol. The molecule has 1 saturated heterocycles. The average molecular weight is 504 g/mol. The van der Waals surface area contributed by atoms with Gasteiger partial charge in [-0.15, -0.1) is 45.5 Å². The van der Waals surface area contributed by atoms with E-state index in [9.17, 15) is 0 Å². The maximum Gasteiger partial charge on any atom is 0.191 e. The predicted molar refractivity (Wildman–Crippen MR) is 120 cm³/mol. The molecule has 0 aliphatic carbocycles. The molecule has 0 radical (unpaired) electrons. The van der Waals surface area contributed by atoms with Gasteiger partial charge in [0.2, 0.25) is 0 Å². The van der Waals surface area contributed by atoms with E-state index < -0.39 is 0 Å². The van der Waals surface area contributed by atoms with Gasteiger partial charge in [-0.2, -0.15) is 0 Å². The summed E-state index contributed by atoms with van der Waals surface area (Å²) in [5, 5.41) is 17.3. The highest BCUT2D eigenvalue weighted by Crippen LogP contribution is 2.23. The van der Waals surface area contributed by atoms with E-state index in [4.69, 9.17) is 9.73 Å². The van der Waals surface area contributed by atoms with Gasteiger partial charge in [-0.1, -0.05) is 6.07 Å². The van der Waals surface area contributed by atoms with E-state index in [0.717, 1.165) is 56.6 Å². The molecule has 1 aliphatic rings. The van der Waals surface area contributed by atoms with E-state index in [0.29, 0.717) is 6.54 Å². The Kier molecular flexibility index (Phi) is 8.49. The molecule has 0 bridgehead atoms. The Balaban J connectivity index is 0.00000261. The van der Waals surface area contributed by atoms with E-state index in [1.807, 2.05) is 18.5 Å². The predicted octanol–water partition coefficient (Wildman–Crippen LogP) is 2.65. The van der Waals surface area contributed by atoms with Gasteiger partial charge in [0.1, 0.15) is 12.4 Å².